The predicted octanol–water partition coefficient (Wildman–Crippen LogP) is 3.72. The Kier molecular flexibility index (Phi) is 6.79. The summed E-state index contributed by atoms with van der Waals surface area (Å²) in [6.07, 6.45) is 2.10. The van der Waals surface area contributed by atoms with Gasteiger partial charge in [0, 0.05) is 23.6 Å². The molecule has 2 rings (SSSR count). The van der Waals surface area contributed by atoms with Crippen molar-refractivity contribution in [1.29, 1.82) is 0 Å². The summed E-state index contributed by atoms with van der Waals surface area (Å²) >= 11 is 9.48. The van der Waals surface area contributed by atoms with Crippen molar-refractivity contribution < 1.29 is 4.79 Å². The van der Waals surface area contributed by atoms with Crippen LogP contribution in [0.25, 0.3) is 0 Å². The zero-order valence-corrected chi connectivity index (χ0v) is 14.5. The molecule has 112 valence electrons. The van der Waals surface area contributed by atoms with Crippen LogP contribution in [0.2, 0.25) is 5.02 Å². The first-order valence-electron chi connectivity index (χ1n) is 6.49. The maximum absolute atomic E-state index is 12.5. The van der Waals surface area contributed by atoms with Crippen molar-refractivity contribution in [2.24, 2.45) is 11.7 Å². The van der Waals surface area contributed by atoms with Crippen LogP contribution < -0.4 is 5.73 Å². The topological polar surface area (TPSA) is 46.3 Å². The number of likely N-dealkylation sites (tertiary alicyclic amines) is 1. The van der Waals surface area contributed by atoms with E-state index >= 15 is 0 Å². The van der Waals surface area contributed by atoms with E-state index in [1.165, 1.54) is 0 Å². The van der Waals surface area contributed by atoms with Gasteiger partial charge in [0.1, 0.15) is 0 Å². The molecule has 1 saturated heterocycles. The number of hydrogen-bond donors (Lipinski definition) is 1. The summed E-state index contributed by atoms with van der Waals surface area (Å²) in [5.41, 5.74) is 6.51. The van der Waals surface area contributed by atoms with E-state index in [-0.39, 0.29) is 24.4 Å². The van der Waals surface area contributed by atoms with Crippen molar-refractivity contribution in [3.63, 3.8) is 0 Å². The Morgan fingerprint density at radius 1 is 1.55 bits per heavy atom. The Hall–Kier alpha value is -0.290. The Labute approximate surface area is 139 Å². The molecular weight excluding hydrogens is 363 g/mol. The third-order valence-corrected chi connectivity index (χ3v) is 4.46. The Morgan fingerprint density at radius 3 is 2.85 bits per heavy atom. The van der Waals surface area contributed by atoms with E-state index in [1.807, 2.05) is 17.9 Å². The molecule has 1 fully saturated rings. The zero-order chi connectivity index (χ0) is 14.0. The molecule has 1 amide bonds. The number of benzene rings is 1. The lowest BCUT2D eigenvalue weighted by Crippen LogP contribution is -2.45. The summed E-state index contributed by atoms with van der Waals surface area (Å²) in [7, 11) is 0. The number of hydrogen-bond acceptors (Lipinski definition) is 2. The van der Waals surface area contributed by atoms with Crippen molar-refractivity contribution in [3.8, 4) is 0 Å². The second-order valence-corrected chi connectivity index (χ2v) is 6.46. The number of nitrogens with zero attached hydrogens (tertiary/aromatic N) is 1. The third-order valence-electron chi connectivity index (χ3n) is 3.65. The highest BCUT2D eigenvalue weighted by Gasteiger charge is 2.27. The van der Waals surface area contributed by atoms with Crippen LogP contribution >= 0.6 is 39.9 Å². The molecular formula is C14H19BrCl2N2O. The number of rotatable bonds is 2. The van der Waals surface area contributed by atoms with E-state index in [2.05, 4.69) is 15.9 Å². The van der Waals surface area contributed by atoms with E-state index in [1.54, 1.807) is 12.1 Å². The fourth-order valence-electron chi connectivity index (χ4n) is 2.46. The number of halogens is 3. The first-order chi connectivity index (χ1) is 8.99. The maximum Gasteiger partial charge on any atom is 0.255 e. The van der Waals surface area contributed by atoms with Crippen LogP contribution in [0.1, 0.15) is 30.1 Å². The van der Waals surface area contributed by atoms with Crippen LogP contribution in [0.4, 0.5) is 0 Å². The van der Waals surface area contributed by atoms with E-state index in [4.69, 9.17) is 17.3 Å². The highest BCUT2D eigenvalue weighted by atomic mass is 79.9. The number of nitrogens with two attached hydrogens (primary N) is 1. The monoisotopic (exact) mass is 380 g/mol. The molecule has 1 heterocycles. The molecule has 6 heteroatoms. The van der Waals surface area contributed by atoms with Crippen LogP contribution in [0.3, 0.4) is 0 Å². The van der Waals surface area contributed by atoms with Crippen LogP contribution in [0, 0.1) is 5.92 Å². The molecule has 1 aliphatic rings. The summed E-state index contributed by atoms with van der Waals surface area (Å²) in [5.74, 6) is 0.384. The van der Waals surface area contributed by atoms with Gasteiger partial charge < -0.3 is 10.6 Å². The molecule has 2 N–H and O–H groups in total. The van der Waals surface area contributed by atoms with E-state index < -0.39 is 0 Å². The quantitative estimate of drug-likeness (QED) is 0.848. The first-order valence-corrected chi connectivity index (χ1v) is 7.66. The van der Waals surface area contributed by atoms with Gasteiger partial charge in [-0.3, -0.25) is 4.79 Å². The van der Waals surface area contributed by atoms with Crippen molar-refractivity contribution >= 4 is 45.8 Å². The smallest absolute Gasteiger partial charge is 0.255 e. The molecule has 3 nitrogen and oxygen atoms in total. The summed E-state index contributed by atoms with van der Waals surface area (Å²) in [5, 5.41) is 0.488. The Bertz CT molecular complexity index is 482. The van der Waals surface area contributed by atoms with Crippen molar-refractivity contribution in [2.75, 3.05) is 13.1 Å². The fourth-order valence-corrected chi connectivity index (χ4v) is 3.21. The molecule has 1 aromatic carbocycles. The van der Waals surface area contributed by atoms with Gasteiger partial charge in [-0.25, -0.2) is 0 Å². The lowest BCUT2D eigenvalue weighted by Gasteiger charge is -2.34. The number of amides is 1. The maximum atomic E-state index is 12.5. The minimum Gasteiger partial charge on any atom is -0.338 e. The first kappa shape index (κ1) is 17.8. The molecule has 2 unspecified atom stereocenters. The average molecular weight is 382 g/mol. The molecule has 1 aliphatic heterocycles. The van der Waals surface area contributed by atoms with Gasteiger partial charge in [0.05, 0.1) is 10.6 Å². The standard InChI is InChI=1S/C14H18BrClN2O.ClH/c1-9(17)10-3-2-6-18(8-10)14(19)12-5-4-11(15)7-13(12)16;/h4-5,7,9-10H,2-3,6,8,17H2,1H3;1H. The Balaban J connectivity index is 0.00000200. The van der Waals surface area contributed by atoms with E-state index in [0.717, 1.165) is 30.4 Å². The fraction of sp³-hybridized carbons (Fsp3) is 0.500. The number of carbonyl (C=O) groups excluding carboxylic acids is 1. The summed E-state index contributed by atoms with van der Waals surface area (Å²) in [4.78, 5) is 14.4. The minimum absolute atomic E-state index is 0. The molecule has 1 aromatic rings. The highest BCUT2D eigenvalue weighted by Crippen LogP contribution is 2.25. The highest BCUT2D eigenvalue weighted by molar-refractivity contribution is 9.10. The van der Waals surface area contributed by atoms with E-state index in [9.17, 15) is 4.79 Å². The third kappa shape index (κ3) is 4.10. The van der Waals surface area contributed by atoms with Gasteiger partial charge in [0.2, 0.25) is 0 Å². The van der Waals surface area contributed by atoms with Crippen LogP contribution in [-0.4, -0.2) is 29.9 Å². The summed E-state index contributed by atoms with van der Waals surface area (Å²) in [6, 6.07) is 5.48. The number of piperidine rings is 1. The van der Waals surface area contributed by atoms with E-state index in [0.29, 0.717) is 16.5 Å². The average Bonchev–Trinajstić information content (AvgIpc) is 2.38. The second-order valence-electron chi connectivity index (χ2n) is 5.14. The molecule has 0 radical (unpaired) electrons. The van der Waals surface area contributed by atoms with Crippen molar-refractivity contribution in [3.05, 3.63) is 33.3 Å². The van der Waals surface area contributed by atoms with Crippen LogP contribution in [0.5, 0.6) is 0 Å². The van der Waals surface area contributed by atoms with Gasteiger partial charge in [-0.05, 0) is 43.9 Å². The predicted molar refractivity (Wildman–Crippen MR) is 88.7 cm³/mol. The number of carbonyl (C=O) groups is 1. The zero-order valence-electron chi connectivity index (χ0n) is 11.3. The van der Waals surface area contributed by atoms with Gasteiger partial charge in [-0.15, -0.1) is 12.4 Å². The summed E-state index contributed by atoms with van der Waals surface area (Å²) in [6.45, 7) is 3.52. The molecule has 0 aliphatic carbocycles. The normalized spacial score (nSPS) is 20.2. The molecule has 0 bridgehead atoms. The minimum atomic E-state index is 0. The van der Waals surface area contributed by atoms with Gasteiger partial charge in [-0.1, -0.05) is 27.5 Å². The molecule has 2 atom stereocenters. The largest absolute Gasteiger partial charge is 0.338 e. The SMILES string of the molecule is CC(N)C1CCCN(C(=O)c2ccc(Br)cc2Cl)C1.Cl. The second kappa shape index (κ2) is 7.64. The molecule has 0 saturated carbocycles. The van der Waals surface area contributed by atoms with Gasteiger partial charge in [0.15, 0.2) is 0 Å². The van der Waals surface area contributed by atoms with Gasteiger partial charge in [-0.2, -0.15) is 0 Å². The van der Waals surface area contributed by atoms with Crippen molar-refractivity contribution in [1.82, 2.24) is 4.90 Å². The lowest BCUT2D eigenvalue weighted by molar-refractivity contribution is 0.0661. The van der Waals surface area contributed by atoms with Crippen molar-refractivity contribution in [2.45, 2.75) is 25.8 Å². The lowest BCUT2D eigenvalue weighted by atomic mass is 9.92. The molecule has 0 aromatic heterocycles. The Morgan fingerprint density at radius 2 is 2.25 bits per heavy atom. The molecule has 0 spiro atoms. The van der Waals surface area contributed by atoms with Crippen LogP contribution in [-0.2, 0) is 0 Å². The van der Waals surface area contributed by atoms with Gasteiger partial charge >= 0.3 is 0 Å². The van der Waals surface area contributed by atoms with Crippen LogP contribution in [0.15, 0.2) is 22.7 Å². The van der Waals surface area contributed by atoms with Gasteiger partial charge in [0.25, 0.3) is 5.91 Å². The molecule has 20 heavy (non-hydrogen) atoms. The summed E-state index contributed by atoms with van der Waals surface area (Å²) < 4.78 is 0.876.